The predicted molar refractivity (Wildman–Crippen MR) is 282 cm³/mol. The second-order valence-corrected chi connectivity index (χ2v) is 21.5. The fourth-order valence-corrected chi connectivity index (χ4v) is 11.8. The minimum atomic E-state index is -0.316. The van der Waals surface area contributed by atoms with E-state index in [-0.39, 0.29) is 23.1 Å². The molecule has 2 aromatic heterocycles. The number of hydrogen-bond acceptors (Lipinski definition) is 4. The van der Waals surface area contributed by atoms with Gasteiger partial charge in [-0.2, -0.15) is 0 Å². The van der Waals surface area contributed by atoms with E-state index in [2.05, 4.69) is 228 Å². The number of anilines is 5. The van der Waals surface area contributed by atoms with Crippen LogP contribution in [0.4, 0.5) is 28.4 Å². The molecule has 67 heavy (non-hydrogen) atoms. The molecule has 13 rings (SSSR count). The normalized spacial score (nSPS) is 15.7. The van der Waals surface area contributed by atoms with Gasteiger partial charge in [-0.25, -0.2) is 0 Å². The number of fused-ring (bicyclic) bond motifs is 11. The lowest BCUT2D eigenvalue weighted by molar-refractivity contribution is 0.332. The summed E-state index contributed by atoms with van der Waals surface area (Å²) in [4.78, 5) is 5.13. The lowest BCUT2D eigenvalue weighted by Crippen LogP contribution is -2.61. The van der Waals surface area contributed by atoms with E-state index in [1.807, 2.05) is 0 Å². The van der Waals surface area contributed by atoms with E-state index < -0.39 is 0 Å². The summed E-state index contributed by atoms with van der Waals surface area (Å²) < 4.78 is 14.5. The van der Waals surface area contributed by atoms with Crippen molar-refractivity contribution in [1.82, 2.24) is 0 Å². The second-order valence-electron chi connectivity index (χ2n) is 21.5. The minimum absolute atomic E-state index is 0.0164. The maximum atomic E-state index is 7.44. The van der Waals surface area contributed by atoms with Crippen LogP contribution in [0.2, 0.25) is 0 Å². The molecule has 8 aromatic carbocycles. The van der Waals surface area contributed by atoms with Crippen molar-refractivity contribution in [2.45, 2.75) is 77.6 Å². The van der Waals surface area contributed by atoms with Crippen molar-refractivity contribution in [3.63, 3.8) is 0 Å². The molecule has 0 N–H and O–H groups in total. The Morgan fingerprint density at radius 3 is 1.88 bits per heavy atom. The van der Waals surface area contributed by atoms with Crippen LogP contribution in [0.1, 0.15) is 78.0 Å². The maximum Gasteiger partial charge on any atom is 0.375 e. The molecule has 3 aliphatic rings. The first-order chi connectivity index (χ1) is 32.4. The molecule has 0 saturated carbocycles. The largest absolute Gasteiger partial charge is 0.466 e. The van der Waals surface area contributed by atoms with Crippen LogP contribution >= 0.6 is 0 Å². The smallest absolute Gasteiger partial charge is 0.375 e. The molecule has 4 nitrogen and oxygen atoms in total. The molecule has 1 aliphatic carbocycles. The average molecular weight is 869 g/mol. The number of para-hydroxylation sites is 2. The summed E-state index contributed by atoms with van der Waals surface area (Å²) in [6.45, 7) is 16.3. The first-order valence-electron chi connectivity index (χ1n) is 24.0. The third-order valence-corrected chi connectivity index (χ3v) is 15.5. The van der Waals surface area contributed by atoms with E-state index in [1.165, 1.54) is 50.0 Å². The Labute approximate surface area is 393 Å². The molecular formula is C62H53BN2O2. The van der Waals surface area contributed by atoms with E-state index in [1.54, 1.807) is 0 Å². The molecule has 10 aromatic rings. The molecule has 0 atom stereocenters. The highest BCUT2D eigenvalue weighted by atomic mass is 16.3. The topological polar surface area (TPSA) is 32.8 Å². The van der Waals surface area contributed by atoms with Gasteiger partial charge in [0.15, 0.2) is 0 Å². The summed E-state index contributed by atoms with van der Waals surface area (Å²) in [5.74, 6) is 0. The molecular weight excluding hydrogens is 816 g/mol. The van der Waals surface area contributed by atoms with Gasteiger partial charge in [-0.3, -0.25) is 0 Å². The Morgan fingerprint density at radius 1 is 0.507 bits per heavy atom. The average Bonchev–Trinajstić information content (AvgIpc) is 3.91. The minimum Gasteiger partial charge on any atom is -0.466 e. The van der Waals surface area contributed by atoms with Crippen LogP contribution in [0.3, 0.4) is 0 Å². The molecule has 0 radical (unpaired) electrons. The van der Waals surface area contributed by atoms with E-state index in [9.17, 15) is 0 Å². The maximum absolute atomic E-state index is 7.44. The molecule has 0 unspecified atom stereocenters. The standard InChI is InChI=1S/C62H53BN2O2/c1-60(2,3)41-27-31-49(45(35-41)39-20-12-9-13-21-39)64-51-37-54-55(43-22-14-16-24-52(43)66-54)56-46-34-40(38-18-10-8-11-19-38)26-30-50(46)65(42-28-29-47-48(36-42)62(6,7)33-32-61(47,4)5)63(57(51)56)59-58(64)44-23-15-17-25-53(44)67-59/h8-31,34-37H,32-33H2,1-7H3. The second kappa shape index (κ2) is 14.1. The van der Waals surface area contributed by atoms with Gasteiger partial charge in [0.1, 0.15) is 22.4 Å². The van der Waals surface area contributed by atoms with Crippen LogP contribution in [0.15, 0.2) is 179 Å². The highest BCUT2D eigenvalue weighted by Crippen LogP contribution is 2.55. The Hall–Kier alpha value is -7.24. The van der Waals surface area contributed by atoms with Gasteiger partial charge in [-0.1, -0.05) is 158 Å². The summed E-state index contributed by atoms with van der Waals surface area (Å²) in [5, 5.41) is 3.31. The molecule has 4 heterocycles. The SMILES string of the molecule is CC(C)(C)c1ccc(N2c3cc4oc5ccccc5c4c4c3B(c3oc5ccccc5c32)N(c2ccc3c(c2)C(C)(C)CCC3(C)C)c2ccc(-c3ccccc3)cc2-4)c(-c2ccccc2)c1. The Bertz CT molecular complexity index is 3650. The molecule has 2 aliphatic heterocycles. The van der Waals surface area contributed by atoms with Crippen LogP contribution in [-0.2, 0) is 16.2 Å². The van der Waals surface area contributed by atoms with Crippen LogP contribution in [0.25, 0.3) is 66.3 Å². The van der Waals surface area contributed by atoms with E-state index in [0.29, 0.717) is 0 Å². The van der Waals surface area contributed by atoms with Crippen LogP contribution in [0.5, 0.6) is 0 Å². The van der Waals surface area contributed by atoms with Gasteiger partial charge in [0.2, 0.25) is 0 Å². The summed E-state index contributed by atoms with van der Waals surface area (Å²) in [5.41, 5.74) is 21.5. The predicted octanol–water partition coefficient (Wildman–Crippen LogP) is 16.0. The first kappa shape index (κ1) is 40.1. The number of rotatable bonds is 4. The molecule has 0 fully saturated rings. The van der Waals surface area contributed by atoms with Crippen molar-refractivity contribution in [2.24, 2.45) is 0 Å². The Kier molecular flexibility index (Phi) is 8.46. The lowest BCUT2D eigenvalue weighted by Gasteiger charge is -2.46. The van der Waals surface area contributed by atoms with Gasteiger partial charge in [-0.15, -0.1) is 0 Å². The van der Waals surface area contributed by atoms with Crippen molar-refractivity contribution < 1.29 is 8.83 Å². The molecule has 0 saturated heterocycles. The van der Waals surface area contributed by atoms with Crippen molar-refractivity contribution >= 4 is 79.3 Å². The highest BCUT2D eigenvalue weighted by Gasteiger charge is 2.50. The summed E-state index contributed by atoms with van der Waals surface area (Å²) >= 11 is 0. The van der Waals surface area contributed by atoms with Crippen molar-refractivity contribution in [1.29, 1.82) is 0 Å². The highest BCUT2D eigenvalue weighted by molar-refractivity contribution is 6.93. The lowest BCUT2D eigenvalue weighted by atomic mass is 9.45. The van der Waals surface area contributed by atoms with Gasteiger partial charge in [-0.05, 0) is 128 Å². The van der Waals surface area contributed by atoms with Gasteiger partial charge < -0.3 is 18.5 Å². The summed E-state index contributed by atoms with van der Waals surface area (Å²) in [7, 11) is 0. The number of furan rings is 2. The zero-order valence-corrected chi connectivity index (χ0v) is 39.4. The number of benzene rings is 8. The van der Waals surface area contributed by atoms with Crippen molar-refractivity contribution in [3.05, 3.63) is 187 Å². The van der Waals surface area contributed by atoms with Gasteiger partial charge >= 0.3 is 6.85 Å². The summed E-state index contributed by atoms with van der Waals surface area (Å²) in [6, 6.07) is 62.7. The zero-order chi connectivity index (χ0) is 45.6. The van der Waals surface area contributed by atoms with Gasteiger partial charge in [0.25, 0.3) is 0 Å². The molecule has 5 heteroatoms. The molecule has 0 amide bonds. The summed E-state index contributed by atoms with van der Waals surface area (Å²) in [6.07, 6.45) is 2.30. The van der Waals surface area contributed by atoms with Gasteiger partial charge in [0, 0.05) is 50.4 Å². The Balaban J connectivity index is 1.20. The molecule has 326 valence electrons. The van der Waals surface area contributed by atoms with E-state index in [0.717, 1.165) is 85.4 Å². The monoisotopic (exact) mass is 868 g/mol. The fourth-order valence-electron chi connectivity index (χ4n) is 11.8. The zero-order valence-electron chi connectivity index (χ0n) is 39.4. The fraction of sp³-hybridized carbons (Fsp3) is 0.194. The molecule has 0 bridgehead atoms. The number of nitrogens with zero attached hydrogens (tertiary/aromatic N) is 2. The van der Waals surface area contributed by atoms with E-state index >= 15 is 0 Å². The third kappa shape index (κ3) is 5.93. The quantitative estimate of drug-likeness (QED) is 0.165. The van der Waals surface area contributed by atoms with Gasteiger partial charge in [0.05, 0.1) is 11.4 Å². The third-order valence-electron chi connectivity index (χ3n) is 15.5. The van der Waals surface area contributed by atoms with Crippen molar-refractivity contribution in [2.75, 3.05) is 9.71 Å². The van der Waals surface area contributed by atoms with Crippen LogP contribution in [0, 0.1) is 0 Å². The van der Waals surface area contributed by atoms with E-state index in [4.69, 9.17) is 8.83 Å². The number of hydrogen-bond donors (Lipinski definition) is 0. The van der Waals surface area contributed by atoms with Crippen LogP contribution in [-0.4, -0.2) is 6.85 Å². The molecule has 0 spiro atoms. The Morgan fingerprint density at radius 2 is 1.15 bits per heavy atom. The first-order valence-corrected chi connectivity index (χ1v) is 24.0. The van der Waals surface area contributed by atoms with Crippen molar-refractivity contribution in [3.8, 4) is 33.4 Å². The van der Waals surface area contributed by atoms with Crippen LogP contribution < -0.4 is 20.8 Å².